The highest BCUT2D eigenvalue weighted by Gasteiger charge is 2.17. The molecule has 0 fully saturated rings. The van der Waals surface area contributed by atoms with E-state index in [1.807, 2.05) is 26.0 Å². The molecule has 2 aromatic rings. The molecule has 0 saturated heterocycles. The summed E-state index contributed by atoms with van der Waals surface area (Å²) in [7, 11) is 1.57. The summed E-state index contributed by atoms with van der Waals surface area (Å²) in [6.45, 7) is 5.16. The number of amides is 2. The van der Waals surface area contributed by atoms with Crippen LogP contribution in [0.25, 0.3) is 0 Å². The van der Waals surface area contributed by atoms with Crippen LogP contribution in [0.15, 0.2) is 48.5 Å². The topological polar surface area (TPSA) is 67.9 Å². The van der Waals surface area contributed by atoms with Crippen LogP contribution in [0, 0.1) is 0 Å². The number of nitrogens with zero attached hydrogens (tertiary/aromatic N) is 1. The van der Waals surface area contributed by atoms with Gasteiger partial charge in [-0.05, 0) is 50.2 Å². The van der Waals surface area contributed by atoms with E-state index in [4.69, 9.17) is 9.47 Å². The number of hydrogen-bond donors (Lipinski definition) is 1. The number of carbonyl (C=O) groups is 2. The zero-order chi connectivity index (χ0) is 19.1. The number of benzene rings is 2. The van der Waals surface area contributed by atoms with Gasteiger partial charge in [-0.15, -0.1) is 0 Å². The van der Waals surface area contributed by atoms with Gasteiger partial charge in [-0.3, -0.25) is 9.59 Å². The number of methoxy groups -OCH3 is 1. The summed E-state index contributed by atoms with van der Waals surface area (Å²) in [5.74, 6) is 0.740. The molecule has 0 aliphatic rings. The molecule has 0 bridgehead atoms. The Morgan fingerprint density at radius 1 is 1.08 bits per heavy atom. The molecule has 0 heterocycles. The lowest BCUT2D eigenvalue weighted by atomic mass is 10.2. The highest BCUT2D eigenvalue weighted by atomic mass is 16.5. The Balaban J connectivity index is 2.12. The van der Waals surface area contributed by atoms with Crippen LogP contribution < -0.4 is 19.7 Å². The normalized spacial score (nSPS) is 10.3. The summed E-state index contributed by atoms with van der Waals surface area (Å²) in [4.78, 5) is 25.9. The molecular weight excluding hydrogens is 332 g/mol. The quantitative estimate of drug-likeness (QED) is 0.825. The average molecular weight is 356 g/mol. The highest BCUT2D eigenvalue weighted by molar-refractivity contribution is 6.02. The summed E-state index contributed by atoms with van der Waals surface area (Å²) < 4.78 is 10.8. The molecule has 0 atom stereocenters. The Bertz CT molecular complexity index is 757. The maximum Gasteiger partial charge on any atom is 0.244 e. The standard InChI is InChI=1S/C20H24N2O4/c1-14(2)26-19-8-6-5-7-18(19)21-20(24)13-22(15(3)23)16-9-11-17(25-4)12-10-16/h5-12,14H,13H2,1-4H3,(H,21,24). The van der Waals surface area contributed by atoms with E-state index in [0.717, 1.165) is 0 Å². The summed E-state index contributed by atoms with van der Waals surface area (Å²) in [6.07, 6.45) is -0.0129. The van der Waals surface area contributed by atoms with Gasteiger partial charge in [-0.1, -0.05) is 12.1 Å². The molecule has 26 heavy (non-hydrogen) atoms. The smallest absolute Gasteiger partial charge is 0.244 e. The monoisotopic (exact) mass is 356 g/mol. The van der Waals surface area contributed by atoms with Crippen molar-refractivity contribution in [3.8, 4) is 11.5 Å². The molecule has 0 aliphatic carbocycles. The third-order valence-corrected chi connectivity index (χ3v) is 3.59. The van der Waals surface area contributed by atoms with Gasteiger partial charge in [0.1, 0.15) is 18.0 Å². The first-order valence-electron chi connectivity index (χ1n) is 8.38. The van der Waals surface area contributed by atoms with Crippen LogP contribution >= 0.6 is 0 Å². The van der Waals surface area contributed by atoms with Crippen molar-refractivity contribution in [2.24, 2.45) is 0 Å². The van der Waals surface area contributed by atoms with E-state index in [9.17, 15) is 9.59 Å². The Hall–Kier alpha value is -3.02. The predicted molar refractivity (Wildman–Crippen MR) is 102 cm³/mol. The fourth-order valence-corrected chi connectivity index (χ4v) is 2.41. The lowest BCUT2D eigenvalue weighted by Crippen LogP contribution is -2.36. The predicted octanol–water partition coefficient (Wildman–Crippen LogP) is 3.47. The number of anilines is 2. The first-order valence-corrected chi connectivity index (χ1v) is 8.38. The van der Waals surface area contributed by atoms with E-state index in [-0.39, 0.29) is 24.5 Å². The molecule has 0 saturated carbocycles. The van der Waals surface area contributed by atoms with E-state index < -0.39 is 0 Å². The van der Waals surface area contributed by atoms with Gasteiger partial charge in [0.05, 0.1) is 18.9 Å². The Morgan fingerprint density at radius 2 is 1.73 bits per heavy atom. The SMILES string of the molecule is COc1ccc(N(CC(=O)Nc2ccccc2OC(C)C)C(C)=O)cc1. The summed E-state index contributed by atoms with van der Waals surface area (Å²) >= 11 is 0. The van der Waals surface area contributed by atoms with Crippen molar-refractivity contribution < 1.29 is 19.1 Å². The van der Waals surface area contributed by atoms with Gasteiger partial charge in [-0.2, -0.15) is 0 Å². The molecule has 138 valence electrons. The zero-order valence-electron chi connectivity index (χ0n) is 15.5. The van der Waals surface area contributed by atoms with E-state index in [2.05, 4.69) is 5.32 Å². The van der Waals surface area contributed by atoms with E-state index in [0.29, 0.717) is 22.9 Å². The van der Waals surface area contributed by atoms with Crippen molar-refractivity contribution in [3.05, 3.63) is 48.5 Å². The Kier molecular flexibility index (Phi) is 6.60. The number of hydrogen-bond acceptors (Lipinski definition) is 4. The number of carbonyl (C=O) groups excluding carboxylic acids is 2. The number of nitrogens with one attached hydrogen (secondary N) is 1. The zero-order valence-corrected chi connectivity index (χ0v) is 15.5. The molecule has 6 nitrogen and oxygen atoms in total. The average Bonchev–Trinajstić information content (AvgIpc) is 2.61. The minimum absolute atomic E-state index is 0.0129. The molecule has 0 aliphatic heterocycles. The van der Waals surface area contributed by atoms with Crippen molar-refractivity contribution >= 4 is 23.2 Å². The molecule has 0 spiro atoms. The fraction of sp³-hybridized carbons (Fsp3) is 0.300. The minimum atomic E-state index is -0.309. The van der Waals surface area contributed by atoms with Crippen molar-refractivity contribution in [1.29, 1.82) is 0 Å². The third kappa shape index (κ3) is 5.24. The molecule has 2 aromatic carbocycles. The van der Waals surface area contributed by atoms with E-state index >= 15 is 0 Å². The van der Waals surface area contributed by atoms with Gasteiger partial charge in [-0.25, -0.2) is 0 Å². The Labute approximate surface area is 153 Å². The second-order valence-electron chi connectivity index (χ2n) is 6.01. The summed E-state index contributed by atoms with van der Waals surface area (Å²) in [6, 6.07) is 14.2. The molecule has 0 radical (unpaired) electrons. The largest absolute Gasteiger partial charge is 0.497 e. The summed E-state index contributed by atoms with van der Waals surface area (Å²) in [5, 5.41) is 2.81. The second-order valence-corrected chi connectivity index (χ2v) is 6.01. The van der Waals surface area contributed by atoms with Crippen molar-refractivity contribution in [2.75, 3.05) is 23.9 Å². The number of ether oxygens (including phenoxy) is 2. The van der Waals surface area contributed by atoms with Crippen LogP contribution in [0.4, 0.5) is 11.4 Å². The molecule has 1 N–H and O–H groups in total. The molecule has 6 heteroatoms. The van der Waals surface area contributed by atoms with E-state index in [1.165, 1.54) is 11.8 Å². The van der Waals surface area contributed by atoms with Crippen molar-refractivity contribution in [3.63, 3.8) is 0 Å². The van der Waals surface area contributed by atoms with Crippen molar-refractivity contribution in [1.82, 2.24) is 0 Å². The lowest BCUT2D eigenvalue weighted by Gasteiger charge is -2.21. The van der Waals surface area contributed by atoms with Gasteiger partial charge in [0.25, 0.3) is 0 Å². The molecule has 2 amide bonds. The second kappa shape index (κ2) is 8.89. The van der Waals surface area contributed by atoms with E-state index in [1.54, 1.807) is 43.5 Å². The van der Waals surface area contributed by atoms with Gasteiger partial charge >= 0.3 is 0 Å². The molecule has 0 aromatic heterocycles. The lowest BCUT2D eigenvalue weighted by molar-refractivity contribution is -0.120. The van der Waals surface area contributed by atoms with Crippen molar-refractivity contribution in [2.45, 2.75) is 26.9 Å². The highest BCUT2D eigenvalue weighted by Crippen LogP contribution is 2.25. The molecule has 2 rings (SSSR count). The molecule has 0 unspecified atom stereocenters. The first-order chi connectivity index (χ1) is 12.4. The Morgan fingerprint density at radius 3 is 2.31 bits per heavy atom. The van der Waals surface area contributed by atoms with Gasteiger partial charge in [0.2, 0.25) is 11.8 Å². The van der Waals surface area contributed by atoms with Crippen LogP contribution in [0.2, 0.25) is 0 Å². The third-order valence-electron chi connectivity index (χ3n) is 3.59. The van der Waals surface area contributed by atoms with Gasteiger partial charge in [0.15, 0.2) is 0 Å². The van der Waals surface area contributed by atoms with Crippen LogP contribution in [0.1, 0.15) is 20.8 Å². The number of para-hydroxylation sites is 2. The maximum atomic E-state index is 12.5. The van der Waals surface area contributed by atoms with Crippen LogP contribution in [-0.2, 0) is 9.59 Å². The molecular formula is C20H24N2O4. The van der Waals surface area contributed by atoms with Crippen LogP contribution in [0.3, 0.4) is 0 Å². The van der Waals surface area contributed by atoms with Gasteiger partial charge in [0, 0.05) is 12.6 Å². The van der Waals surface area contributed by atoms with Crippen LogP contribution in [0.5, 0.6) is 11.5 Å². The first kappa shape index (κ1) is 19.3. The van der Waals surface area contributed by atoms with Gasteiger partial charge < -0.3 is 19.7 Å². The minimum Gasteiger partial charge on any atom is -0.497 e. The summed E-state index contributed by atoms with van der Waals surface area (Å²) in [5.41, 5.74) is 1.20. The number of rotatable bonds is 7. The maximum absolute atomic E-state index is 12.5. The fourth-order valence-electron chi connectivity index (χ4n) is 2.41. The van der Waals surface area contributed by atoms with Crippen LogP contribution in [-0.4, -0.2) is 31.6 Å².